The summed E-state index contributed by atoms with van der Waals surface area (Å²) in [5.74, 6) is 0. The molecule has 13 nitrogen and oxygen atoms in total. The molecule has 326 valence electrons. The van der Waals surface area contributed by atoms with Gasteiger partial charge in [-0.3, -0.25) is 0 Å². The van der Waals surface area contributed by atoms with Crippen molar-refractivity contribution < 1.29 is 31.7 Å². The number of rotatable bonds is 5. The summed E-state index contributed by atoms with van der Waals surface area (Å²) >= 11 is 0. The molecule has 3 aromatic heterocycles. The summed E-state index contributed by atoms with van der Waals surface area (Å²) in [6, 6.07) is 12.2. The number of aromatic nitrogens is 3. The second-order valence-electron chi connectivity index (χ2n) is 19.8. The van der Waals surface area contributed by atoms with E-state index in [2.05, 4.69) is 99.2 Å². The number of carbonyl (C=O) groups is 2. The van der Waals surface area contributed by atoms with Crippen molar-refractivity contribution >= 4 is 22.5 Å². The zero-order valence-corrected chi connectivity index (χ0v) is 39.7. The molecular formula is C43H76N6O7S. The molecule has 4 heterocycles. The van der Waals surface area contributed by atoms with Crippen LogP contribution in [0.4, 0.5) is 9.59 Å². The first-order chi connectivity index (χ1) is 25.2. The van der Waals surface area contributed by atoms with Gasteiger partial charge in [-0.25, -0.2) is 13.8 Å². The van der Waals surface area contributed by atoms with Crippen molar-refractivity contribution in [1.82, 2.24) is 23.7 Å². The average molecular weight is 821 g/mol. The van der Waals surface area contributed by atoms with Gasteiger partial charge in [-0.05, 0) is 182 Å². The first-order valence-corrected chi connectivity index (χ1v) is 20.8. The fourth-order valence-corrected chi connectivity index (χ4v) is 7.28. The van der Waals surface area contributed by atoms with Gasteiger partial charge in [0.15, 0.2) is 0 Å². The van der Waals surface area contributed by atoms with Crippen LogP contribution in [0.25, 0.3) is 0 Å². The predicted molar refractivity (Wildman–Crippen MR) is 230 cm³/mol. The zero-order chi connectivity index (χ0) is 45.0. The fourth-order valence-electron chi connectivity index (χ4n) is 5.48. The zero-order valence-electron chi connectivity index (χ0n) is 38.9. The Morgan fingerprint density at radius 2 is 1.16 bits per heavy atom. The van der Waals surface area contributed by atoms with Crippen LogP contribution in [-0.4, -0.2) is 72.4 Å². The Morgan fingerprint density at radius 1 is 0.719 bits per heavy atom. The number of nitrogens with two attached hydrogens (primary N) is 1. The highest BCUT2D eigenvalue weighted by Crippen LogP contribution is 2.43. The third kappa shape index (κ3) is 13.4. The molecule has 0 saturated carbocycles. The van der Waals surface area contributed by atoms with Crippen molar-refractivity contribution in [1.29, 1.82) is 0 Å². The van der Waals surface area contributed by atoms with Crippen LogP contribution >= 0.6 is 0 Å². The largest absolute Gasteiger partial charge is 0.444 e. The topological polar surface area (TPSA) is 163 Å². The molecule has 1 fully saturated rings. The lowest BCUT2D eigenvalue weighted by atomic mass is 9.82. The number of ether oxygens (including phenoxy) is 2. The highest BCUT2D eigenvalue weighted by atomic mass is 32.2. The first kappa shape index (κ1) is 51.3. The van der Waals surface area contributed by atoms with Gasteiger partial charge >= 0.3 is 22.5 Å². The number of aryl methyl sites for hydroxylation is 3. The molecule has 0 aliphatic carbocycles. The Morgan fingerprint density at radius 3 is 1.44 bits per heavy atom. The summed E-state index contributed by atoms with van der Waals surface area (Å²) in [6.07, 6.45) is 4.73. The number of alkyl carbamates (subject to hydrolysis) is 1. The van der Waals surface area contributed by atoms with Crippen molar-refractivity contribution in [3.63, 3.8) is 0 Å². The molecule has 0 bridgehead atoms. The molecule has 0 radical (unpaired) electrons. The van der Waals surface area contributed by atoms with E-state index >= 15 is 0 Å². The Balaban J connectivity index is 0.000000403. The van der Waals surface area contributed by atoms with Gasteiger partial charge in [-0.2, -0.15) is 12.7 Å². The summed E-state index contributed by atoms with van der Waals surface area (Å²) in [5, 5.41) is 2.99. The molecule has 1 aliphatic heterocycles. The van der Waals surface area contributed by atoms with Gasteiger partial charge in [0.2, 0.25) is 0 Å². The van der Waals surface area contributed by atoms with Gasteiger partial charge in [0, 0.05) is 41.2 Å². The molecule has 0 aromatic carbocycles. The number of nitrogens with zero attached hydrogens (tertiary/aromatic N) is 3. The maximum absolute atomic E-state index is 12.0. The van der Waals surface area contributed by atoms with E-state index in [1.807, 2.05) is 72.1 Å². The Kier molecular flexibility index (Phi) is 15.8. The van der Waals surface area contributed by atoms with Crippen LogP contribution < -0.4 is 11.1 Å². The van der Waals surface area contributed by atoms with Crippen molar-refractivity contribution in [3.8, 4) is 0 Å². The minimum absolute atomic E-state index is 0.0550. The van der Waals surface area contributed by atoms with Gasteiger partial charge in [-0.15, -0.1) is 0 Å². The van der Waals surface area contributed by atoms with Gasteiger partial charge in [-0.1, -0.05) is 0 Å². The maximum Gasteiger partial charge on any atom is 0.426 e. The number of aromatic amines is 1. The molecule has 57 heavy (non-hydrogen) atoms. The van der Waals surface area contributed by atoms with E-state index in [1.165, 1.54) is 11.4 Å². The van der Waals surface area contributed by atoms with Gasteiger partial charge in [0.25, 0.3) is 0 Å². The molecule has 2 amide bonds. The normalized spacial score (nSPS) is 16.5. The van der Waals surface area contributed by atoms with Crippen LogP contribution in [0, 0.1) is 20.8 Å². The first-order valence-electron chi connectivity index (χ1n) is 19.4. The Labute approximate surface area is 344 Å². The molecule has 1 aliphatic rings. The second kappa shape index (κ2) is 17.6. The minimum atomic E-state index is -4.12. The summed E-state index contributed by atoms with van der Waals surface area (Å²) in [7, 11) is -4.12. The van der Waals surface area contributed by atoms with E-state index in [9.17, 15) is 18.0 Å². The third-order valence-corrected chi connectivity index (χ3v) is 12.5. The molecule has 4 N–H and O–H groups in total. The Hall–Kier alpha value is -3.75. The summed E-state index contributed by atoms with van der Waals surface area (Å²) in [4.78, 5) is 27.1. The van der Waals surface area contributed by atoms with E-state index in [-0.39, 0.29) is 22.7 Å². The number of hydrogen-bond donors (Lipinski definition) is 3. The van der Waals surface area contributed by atoms with E-state index < -0.39 is 44.3 Å². The van der Waals surface area contributed by atoms with Crippen LogP contribution in [0.15, 0.2) is 55.0 Å². The van der Waals surface area contributed by atoms with Gasteiger partial charge < -0.3 is 34.6 Å². The molecule has 0 spiro atoms. The average Bonchev–Trinajstić information content (AvgIpc) is 3.74. The van der Waals surface area contributed by atoms with E-state index in [0.717, 1.165) is 5.69 Å². The molecular weight excluding hydrogens is 745 g/mol. The fraction of sp³-hybridized carbons (Fsp3) is 0.674. The lowest BCUT2D eigenvalue weighted by molar-refractivity contribution is 0.00704. The smallest absolute Gasteiger partial charge is 0.426 e. The number of amides is 2. The van der Waals surface area contributed by atoms with Gasteiger partial charge in [0.05, 0.1) is 22.2 Å². The highest BCUT2D eigenvalue weighted by Gasteiger charge is 2.61. The van der Waals surface area contributed by atoms with E-state index in [0.29, 0.717) is 4.31 Å². The molecule has 0 unspecified atom stereocenters. The lowest BCUT2D eigenvalue weighted by Crippen LogP contribution is -2.59. The SMILES string of the molecule is CC(C)(C)OC(=O)N1C(C)(C)C(C)(C)OS1(=O)=O.Cc1ccc[nH]1.Cc1cccn1C(C)(C)C(C)(C)N.Cc1cccn1C(C)(C)C(C)(C)NC(=O)OC(C)(C)C. The number of H-pyrrole nitrogens is 1. The number of nitrogens with one attached hydrogen (secondary N) is 2. The Bertz CT molecular complexity index is 1860. The molecule has 4 rings (SSSR count). The minimum Gasteiger partial charge on any atom is -0.444 e. The quantitative estimate of drug-likeness (QED) is 0.229. The molecule has 0 atom stereocenters. The van der Waals surface area contributed by atoms with Crippen molar-refractivity contribution in [3.05, 3.63) is 72.1 Å². The summed E-state index contributed by atoms with van der Waals surface area (Å²) in [5.41, 5.74) is 5.47. The van der Waals surface area contributed by atoms with Crippen LogP contribution in [0.5, 0.6) is 0 Å². The highest BCUT2D eigenvalue weighted by molar-refractivity contribution is 7.85. The van der Waals surface area contributed by atoms with Gasteiger partial charge in [0.1, 0.15) is 16.8 Å². The third-order valence-electron chi connectivity index (χ3n) is 10.9. The van der Waals surface area contributed by atoms with Crippen LogP contribution in [0.2, 0.25) is 0 Å². The van der Waals surface area contributed by atoms with Crippen molar-refractivity contribution in [2.75, 3.05) is 0 Å². The predicted octanol–water partition coefficient (Wildman–Crippen LogP) is 9.48. The molecule has 14 heteroatoms. The second-order valence-corrected chi connectivity index (χ2v) is 21.2. The standard InChI is InChI=1S/C16H28N2O2.C11H20N2.C11H21NO5S.C5H7N/c1-12-10-9-11-18(12)16(7,8)15(5,6)17-13(19)20-14(2,3)4;1-9-7-6-8-13(9)11(4,5)10(2,3)12;1-9(2,3)16-8(13)12-10(4,5)11(6,7)17-18(12,14)15;1-5-3-2-4-6-5/h9-11H,1-8H3,(H,17,19);6-8H,12H2,1-5H3;1-7H3;2-4,6H,1H3. The summed E-state index contributed by atoms with van der Waals surface area (Å²) in [6.45, 7) is 40.0. The molecule has 1 saturated heterocycles. The lowest BCUT2D eigenvalue weighted by Gasteiger charge is -2.44. The number of carbonyl (C=O) groups excluding carboxylic acids is 2. The van der Waals surface area contributed by atoms with Crippen molar-refractivity contribution in [2.24, 2.45) is 5.73 Å². The number of hydrogen-bond acceptors (Lipinski definition) is 8. The van der Waals surface area contributed by atoms with Crippen LogP contribution in [0.3, 0.4) is 0 Å². The van der Waals surface area contributed by atoms with Crippen molar-refractivity contribution in [2.45, 2.75) is 190 Å². The van der Waals surface area contributed by atoms with Crippen LogP contribution in [0.1, 0.15) is 142 Å². The maximum atomic E-state index is 12.0. The van der Waals surface area contributed by atoms with Crippen LogP contribution in [-0.2, 0) is 35.0 Å². The van der Waals surface area contributed by atoms with E-state index in [4.69, 9.17) is 19.4 Å². The molecule has 3 aromatic rings. The summed E-state index contributed by atoms with van der Waals surface area (Å²) < 4.78 is 44.4. The monoisotopic (exact) mass is 821 g/mol. The van der Waals surface area contributed by atoms with E-state index in [1.54, 1.807) is 48.5 Å².